The Labute approximate surface area is 119 Å². The molecule has 1 heterocycles. The molecule has 5 nitrogen and oxygen atoms in total. The van der Waals surface area contributed by atoms with Crippen molar-refractivity contribution >= 4 is 11.6 Å². The molecule has 1 unspecified atom stereocenters. The third kappa shape index (κ3) is 3.80. The van der Waals surface area contributed by atoms with Gasteiger partial charge in [-0.25, -0.2) is 0 Å². The number of nitrogens with one attached hydrogen (secondary N) is 2. The van der Waals surface area contributed by atoms with Crippen LogP contribution < -0.4 is 10.6 Å². The molecule has 20 heavy (non-hydrogen) atoms. The molecule has 1 aromatic carbocycles. The second kappa shape index (κ2) is 7.04. The average Bonchev–Trinajstić information content (AvgIpc) is 2.48. The number of likely N-dealkylation sites (N-methyl/N-ethyl adjacent to an activating group) is 1. The predicted molar refractivity (Wildman–Crippen MR) is 78.3 cm³/mol. The van der Waals surface area contributed by atoms with Crippen molar-refractivity contribution in [2.45, 2.75) is 18.9 Å². The highest BCUT2D eigenvalue weighted by Crippen LogP contribution is 2.14. The van der Waals surface area contributed by atoms with E-state index in [1.54, 1.807) is 18.2 Å². The summed E-state index contributed by atoms with van der Waals surface area (Å²) < 4.78 is 0. The summed E-state index contributed by atoms with van der Waals surface area (Å²) in [6.45, 7) is 2.33. The van der Waals surface area contributed by atoms with Gasteiger partial charge in [0.2, 0.25) is 5.91 Å². The van der Waals surface area contributed by atoms with Crippen LogP contribution in [0.15, 0.2) is 24.3 Å². The van der Waals surface area contributed by atoms with Crippen LogP contribution >= 0.6 is 0 Å². The van der Waals surface area contributed by atoms with Crippen molar-refractivity contribution in [1.82, 2.24) is 10.2 Å². The maximum Gasteiger partial charge on any atom is 0.238 e. The molecule has 1 aliphatic rings. The number of benzene rings is 1. The van der Waals surface area contributed by atoms with E-state index < -0.39 is 0 Å². The summed E-state index contributed by atoms with van der Waals surface area (Å²) in [4.78, 5) is 14.1. The van der Waals surface area contributed by atoms with E-state index >= 15 is 0 Å². The molecule has 0 aliphatic carbocycles. The monoisotopic (exact) mass is 272 g/mol. The molecular formula is C15H20N4O. The van der Waals surface area contributed by atoms with Crippen LogP contribution in [0, 0.1) is 11.3 Å². The number of nitriles is 1. The van der Waals surface area contributed by atoms with Gasteiger partial charge < -0.3 is 10.6 Å². The summed E-state index contributed by atoms with van der Waals surface area (Å²) in [7, 11) is 1.97. The Morgan fingerprint density at radius 2 is 2.35 bits per heavy atom. The largest absolute Gasteiger partial charge is 0.324 e. The third-order valence-corrected chi connectivity index (χ3v) is 3.61. The molecule has 2 N–H and O–H groups in total. The fourth-order valence-corrected chi connectivity index (χ4v) is 2.44. The van der Waals surface area contributed by atoms with Crippen LogP contribution in [-0.2, 0) is 4.79 Å². The summed E-state index contributed by atoms with van der Waals surface area (Å²) in [5.41, 5.74) is 1.07. The zero-order valence-corrected chi connectivity index (χ0v) is 11.7. The molecule has 0 radical (unpaired) electrons. The van der Waals surface area contributed by atoms with Crippen LogP contribution in [0.5, 0.6) is 0 Å². The number of amides is 1. The first-order chi connectivity index (χ1) is 9.70. The fraction of sp³-hybridized carbons (Fsp3) is 0.467. The minimum atomic E-state index is -0.0826. The number of carbonyl (C=O) groups excluding carboxylic acids is 1. The standard InChI is InChI=1S/C15H20N4O/c1-19(13-6-4-8-17-10-13)11-15(20)18-14-7-3-2-5-12(14)9-16/h2-3,5,7,13,17H,4,6,8,10-11H2,1H3,(H,18,20). The van der Waals surface area contributed by atoms with Gasteiger partial charge in [0, 0.05) is 12.6 Å². The summed E-state index contributed by atoms with van der Waals surface area (Å²) in [5.74, 6) is -0.0826. The van der Waals surface area contributed by atoms with E-state index in [4.69, 9.17) is 5.26 Å². The van der Waals surface area contributed by atoms with E-state index in [9.17, 15) is 4.79 Å². The first-order valence-electron chi connectivity index (χ1n) is 6.90. The van der Waals surface area contributed by atoms with Gasteiger partial charge in [-0.1, -0.05) is 12.1 Å². The van der Waals surface area contributed by atoms with Gasteiger partial charge >= 0.3 is 0 Å². The van der Waals surface area contributed by atoms with Gasteiger partial charge in [0.05, 0.1) is 17.8 Å². The van der Waals surface area contributed by atoms with Crippen LogP contribution in [0.4, 0.5) is 5.69 Å². The minimum Gasteiger partial charge on any atom is -0.324 e. The van der Waals surface area contributed by atoms with Gasteiger partial charge in [-0.15, -0.1) is 0 Å². The predicted octanol–water partition coefficient (Wildman–Crippen LogP) is 1.18. The van der Waals surface area contributed by atoms with Gasteiger partial charge in [0.1, 0.15) is 6.07 Å². The van der Waals surface area contributed by atoms with Gasteiger partial charge in [0.25, 0.3) is 0 Å². The molecule has 0 spiro atoms. The van der Waals surface area contributed by atoms with E-state index in [0.717, 1.165) is 25.9 Å². The molecule has 1 atom stereocenters. The zero-order chi connectivity index (χ0) is 14.4. The number of rotatable bonds is 4. The highest BCUT2D eigenvalue weighted by atomic mass is 16.2. The van der Waals surface area contributed by atoms with Crippen LogP contribution in [-0.4, -0.2) is 43.5 Å². The zero-order valence-electron chi connectivity index (χ0n) is 11.7. The average molecular weight is 272 g/mol. The Morgan fingerprint density at radius 1 is 1.55 bits per heavy atom. The van der Waals surface area contributed by atoms with Crippen molar-refractivity contribution in [1.29, 1.82) is 5.26 Å². The van der Waals surface area contributed by atoms with Crippen molar-refractivity contribution in [3.8, 4) is 6.07 Å². The maximum atomic E-state index is 12.1. The quantitative estimate of drug-likeness (QED) is 0.863. The fourth-order valence-electron chi connectivity index (χ4n) is 2.44. The summed E-state index contributed by atoms with van der Waals surface area (Å²) in [6, 6.07) is 9.53. The van der Waals surface area contributed by atoms with Crippen molar-refractivity contribution in [3.05, 3.63) is 29.8 Å². The molecule has 1 aromatic rings. The lowest BCUT2D eigenvalue weighted by molar-refractivity contribution is -0.117. The Kier molecular flexibility index (Phi) is 5.10. The third-order valence-electron chi connectivity index (χ3n) is 3.61. The van der Waals surface area contributed by atoms with Crippen molar-refractivity contribution in [2.24, 2.45) is 0 Å². The van der Waals surface area contributed by atoms with Gasteiger partial charge in [-0.3, -0.25) is 9.69 Å². The smallest absolute Gasteiger partial charge is 0.238 e. The Balaban J connectivity index is 1.90. The molecule has 1 amide bonds. The van der Waals surface area contributed by atoms with E-state index in [1.165, 1.54) is 0 Å². The molecule has 1 fully saturated rings. The number of piperidine rings is 1. The number of para-hydroxylation sites is 1. The molecule has 106 valence electrons. The van der Waals surface area contributed by atoms with Gasteiger partial charge in [-0.2, -0.15) is 5.26 Å². The first kappa shape index (κ1) is 14.5. The summed E-state index contributed by atoms with van der Waals surface area (Å²) >= 11 is 0. The molecule has 1 saturated heterocycles. The lowest BCUT2D eigenvalue weighted by atomic mass is 10.1. The van der Waals surface area contributed by atoms with E-state index in [1.807, 2.05) is 13.1 Å². The van der Waals surface area contributed by atoms with Gasteiger partial charge in [0.15, 0.2) is 0 Å². The molecule has 0 saturated carbocycles. The SMILES string of the molecule is CN(CC(=O)Nc1ccccc1C#N)C1CCCNC1. The normalized spacial score (nSPS) is 18.6. The highest BCUT2D eigenvalue weighted by molar-refractivity contribution is 5.93. The molecule has 0 aromatic heterocycles. The molecule has 5 heteroatoms. The molecule has 2 rings (SSSR count). The molecule has 1 aliphatic heterocycles. The number of hydrogen-bond acceptors (Lipinski definition) is 4. The van der Waals surface area contributed by atoms with Crippen LogP contribution in [0.3, 0.4) is 0 Å². The minimum absolute atomic E-state index is 0.0826. The van der Waals surface area contributed by atoms with Crippen LogP contribution in [0.2, 0.25) is 0 Å². The van der Waals surface area contributed by atoms with Crippen molar-refractivity contribution in [3.63, 3.8) is 0 Å². The number of carbonyl (C=O) groups is 1. The summed E-state index contributed by atoms with van der Waals surface area (Å²) in [5, 5.41) is 15.1. The van der Waals surface area contributed by atoms with Crippen LogP contribution in [0.1, 0.15) is 18.4 Å². The van der Waals surface area contributed by atoms with Gasteiger partial charge in [-0.05, 0) is 38.6 Å². The van der Waals surface area contributed by atoms with Crippen molar-refractivity contribution in [2.75, 3.05) is 32.0 Å². The summed E-state index contributed by atoms with van der Waals surface area (Å²) in [6.07, 6.45) is 2.26. The Hall–Kier alpha value is -1.90. The molecule has 0 bridgehead atoms. The molecular weight excluding hydrogens is 252 g/mol. The van der Waals surface area contributed by atoms with E-state index in [-0.39, 0.29) is 5.91 Å². The maximum absolute atomic E-state index is 12.1. The van der Waals surface area contributed by atoms with E-state index in [0.29, 0.717) is 23.8 Å². The number of nitrogens with zero attached hydrogens (tertiary/aromatic N) is 2. The Bertz CT molecular complexity index is 503. The second-order valence-corrected chi connectivity index (χ2v) is 5.12. The lowest BCUT2D eigenvalue weighted by Gasteiger charge is -2.31. The first-order valence-corrected chi connectivity index (χ1v) is 6.90. The van der Waals surface area contributed by atoms with Crippen molar-refractivity contribution < 1.29 is 4.79 Å². The van der Waals surface area contributed by atoms with Crippen LogP contribution in [0.25, 0.3) is 0 Å². The second-order valence-electron chi connectivity index (χ2n) is 5.12. The number of anilines is 1. The Morgan fingerprint density at radius 3 is 3.05 bits per heavy atom. The van der Waals surface area contributed by atoms with E-state index in [2.05, 4.69) is 21.6 Å². The lowest BCUT2D eigenvalue weighted by Crippen LogP contribution is -2.46. The topological polar surface area (TPSA) is 68.2 Å². The number of hydrogen-bond donors (Lipinski definition) is 2. The highest BCUT2D eigenvalue weighted by Gasteiger charge is 2.19.